The molecular formula is C13H21N3O. The number of nitrogens with zero attached hydrogens (tertiary/aromatic N) is 2. The molecule has 0 saturated carbocycles. The van der Waals surface area contributed by atoms with Gasteiger partial charge >= 0.3 is 0 Å². The van der Waals surface area contributed by atoms with Crippen LogP contribution in [0, 0.1) is 5.92 Å². The summed E-state index contributed by atoms with van der Waals surface area (Å²) in [5.41, 5.74) is 5.85. The second kappa shape index (κ2) is 5.36. The summed E-state index contributed by atoms with van der Waals surface area (Å²) in [6, 6.07) is 6.32. The van der Waals surface area contributed by atoms with Crippen LogP contribution in [0.2, 0.25) is 0 Å². The van der Waals surface area contributed by atoms with Crippen LogP contribution in [0.1, 0.15) is 20.3 Å². The van der Waals surface area contributed by atoms with Crippen molar-refractivity contribution in [1.29, 1.82) is 0 Å². The predicted octanol–water partition coefficient (Wildman–Crippen LogP) is 1.65. The lowest BCUT2D eigenvalue weighted by atomic mass is 10.0. The molecule has 2 heterocycles. The molecule has 0 aromatic carbocycles. The van der Waals surface area contributed by atoms with Crippen molar-refractivity contribution in [3.05, 3.63) is 18.2 Å². The quantitative estimate of drug-likeness (QED) is 0.862. The highest BCUT2D eigenvalue weighted by Gasteiger charge is 2.30. The molecule has 0 amide bonds. The molecule has 1 aliphatic heterocycles. The van der Waals surface area contributed by atoms with Gasteiger partial charge in [0.2, 0.25) is 5.88 Å². The molecule has 4 nitrogen and oxygen atoms in total. The number of anilines is 1. The first kappa shape index (κ1) is 12.2. The van der Waals surface area contributed by atoms with Crippen LogP contribution < -0.4 is 15.4 Å². The molecule has 2 unspecified atom stereocenters. The number of nitrogens with two attached hydrogens (primary N) is 1. The van der Waals surface area contributed by atoms with Crippen LogP contribution in [-0.2, 0) is 0 Å². The van der Waals surface area contributed by atoms with Gasteiger partial charge in [0.1, 0.15) is 5.82 Å². The number of hydrogen-bond acceptors (Lipinski definition) is 4. The van der Waals surface area contributed by atoms with Crippen LogP contribution in [0.3, 0.4) is 0 Å². The fourth-order valence-electron chi connectivity index (χ4n) is 2.44. The van der Waals surface area contributed by atoms with Crippen LogP contribution in [0.4, 0.5) is 5.82 Å². The van der Waals surface area contributed by atoms with E-state index in [1.165, 1.54) is 6.42 Å². The Hall–Kier alpha value is -1.29. The van der Waals surface area contributed by atoms with E-state index in [0.717, 1.165) is 12.4 Å². The zero-order valence-electron chi connectivity index (χ0n) is 10.6. The summed E-state index contributed by atoms with van der Waals surface area (Å²) in [4.78, 5) is 6.82. The van der Waals surface area contributed by atoms with Crippen molar-refractivity contribution in [3.8, 4) is 5.88 Å². The van der Waals surface area contributed by atoms with Crippen molar-refractivity contribution in [2.45, 2.75) is 26.3 Å². The van der Waals surface area contributed by atoms with Gasteiger partial charge in [-0.05, 0) is 25.3 Å². The highest BCUT2D eigenvalue weighted by molar-refractivity contribution is 5.43. The van der Waals surface area contributed by atoms with Crippen LogP contribution >= 0.6 is 0 Å². The lowest BCUT2D eigenvalue weighted by Crippen LogP contribution is -2.38. The van der Waals surface area contributed by atoms with Gasteiger partial charge in [0.05, 0.1) is 6.61 Å². The monoisotopic (exact) mass is 235 g/mol. The molecule has 0 bridgehead atoms. The van der Waals surface area contributed by atoms with Crippen molar-refractivity contribution in [1.82, 2.24) is 4.98 Å². The summed E-state index contributed by atoms with van der Waals surface area (Å²) in [5, 5.41) is 0. The van der Waals surface area contributed by atoms with Gasteiger partial charge in [0.25, 0.3) is 0 Å². The maximum atomic E-state index is 5.85. The summed E-state index contributed by atoms with van der Waals surface area (Å²) >= 11 is 0. The van der Waals surface area contributed by atoms with E-state index >= 15 is 0 Å². The average Bonchev–Trinajstić information content (AvgIpc) is 2.71. The minimum absolute atomic E-state index is 0.402. The molecule has 2 N–H and O–H groups in total. The van der Waals surface area contributed by atoms with E-state index in [1.54, 1.807) is 0 Å². The topological polar surface area (TPSA) is 51.4 Å². The molecule has 2 atom stereocenters. The smallest absolute Gasteiger partial charge is 0.215 e. The Morgan fingerprint density at radius 2 is 2.35 bits per heavy atom. The molecule has 1 aromatic heterocycles. The van der Waals surface area contributed by atoms with Crippen LogP contribution in [0.25, 0.3) is 0 Å². The number of ether oxygens (including phenoxy) is 1. The highest BCUT2D eigenvalue weighted by Crippen LogP contribution is 2.28. The molecule has 2 rings (SSSR count). The number of pyridine rings is 1. The first-order valence-electron chi connectivity index (χ1n) is 6.32. The molecule has 94 valence electrons. The molecule has 1 saturated heterocycles. The highest BCUT2D eigenvalue weighted by atomic mass is 16.5. The van der Waals surface area contributed by atoms with Gasteiger partial charge in [-0.25, -0.2) is 0 Å². The second-order valence-corrected chi connectivity index (χ2v) is 4.53. The van der Waals surface area contributed by atoms with E-state index in [2.05, 4.69) is 16.8 Å². The van der Waals surface area contributed by atoms with Gasteiger partial charge < -0.3 is 15.4 Å². The molecular weight excluding hydrogens is 214 g/mol. The summed E-state index contributed by atoms with van der Waals surface area (Å²) in [6.07, 6.45) is 1.18. The fraction of sp³-hybridized carbons (Fsp3) is 0.615. The van der Waals surface area contributed by atoms with Crippen LogP contribution in [0.15, 0.2) is 18.2 Å². The third-order valence-electron chi connectivity index (χ3n) is 3.42. The average molecular weight is 235 g/mol. The number of rotatable bonds is 4. The minimum Gasteiger partial charge on any atom is -0.478 e. The van der Waals surface area contributed by atoms with Crippen LogP contribution in [-0.4, -0.2) is 30.7 Å². The predicted molar refractivity (Wildman–Crippen MR) is 69.4 cm³/mol. The lowest BCUT2D eigenvalue weighted by molar-refractivity contribution is 0.327. The Balaban J connectivity index is 2.18. The van der Waals surface area contributed by atoms with Crippen molar-refractivity contribution in [2.24, 2.45) is 11.7 Å². The van der Waals surface area contributed by atoms with E-state index in [9.17, 15) is 0 Å². The van der Waals surface area contributed by atoms with Crippen molar-refractivity contribution >= 4 is 5.82 Å². The van der Waals surface area contributed by atoms with Gasteiger partial charge in [0, 0.05) is 25.2 Å². The minimum atomic E-state index is 0.402. The van der Waals surface area contributed by atoms with Crippen molar-refractivity contribution < 1.29 is 4.74 Å². The largest absolute Gasteiger partial charge is 0.478 e. The Morgan fingerprint density at radius 3 is 3.06 bits per heavy atom. The second-order valence-electron chi connectivity index (χ2n) is 4.53. The van der Waals surface area contributed by atoms with Crippen LogP contribution in [0.5, 0.6) is 5.88 Å². The molecule has 1 aromatic rings. The van der Waals surface area contributed by atoms with E-state index in [1.807, 2.05) is 25.1 Å². The standard InChI is InChI=1S/C13H21N3O/c1-3-17-13-6-4-5-12(15-13)16-8-7-10(2)11(16)9-14/h4-6,10-11H,3,7-9,14H2,1-2H3. The molecule has 1 aliphatic rings. The lowest BCUT2D eigenvalue weighted by Gasteiger charge is -2.26. The van der Waals surface area contributed by atoms with E-state index in [0.29, 0.717) is 31.0 Å². The van der Waals surface area contributed by atoms with E-state index in [-0.39, 0.29) is 0 Å². The SMILES string of the molecule is CCOc1cccc(N2CCC(C)C2CN)n1. The molecule has 0 aliphatic carbocycles. The first-order chi connectivity index (χ1) is 8.26. The van der Waals surface area contributed by atoms with E-state index < -0.39 is 0 Å². The third kappa shape index (κ3) is 2.52. The normalized spacial score (nSPS) is 24.1. The molecule has 4 heteroatoms. The zero-order valence-corrected chi connectivity index (χ0v) is 10.6. The van der Waals surface area contributed by atoms with Crippen molar-refractivity contribution in [2.75, 3.05) is 24.6 Å². The van der Waals surface area contributed by atoms with Gasteiger partial charge in [-0.2, -0.15) is 4.98 Å². The maximum absolute atomic E-state index is 5.85. The molecule has 17 heavy (non-hydrogen) atoms. The van der Waals surface area contributed by atoms with E-state index in [4.69, 9.17) is 10.5 Å². The van der Waals surface area contributed by atoms with Gasteiger partial charge in [-0.3, -0.25) is 0 Å². The van der Waals surface area contributed by atoms with Gasteiger partial charge in [-0.15, -0.1) is 0 Å². The van der Waals surface area contributed by atoms with Gasteiger partial charge in [-0.1, -0.05) is 13.0 Å². The fourth-order valence-corrected chi connectivity index (χ4v) is 2.44. The third-order valence-corrected chi connectivity index (χ3v) is 3.42. The first-order valence-corrected chi connectivity index (χ1v) is 6.32. The Labute approximate surface area is 103 Å². The van der Waals surface area contributed by atoms with Crippen molar-refractivity contribution in [3.63, 3.8) is 0 Å². The number of hydrogen-bond donors (Lipinski definition) is 1. The summed E-state index contributed by atoms with van der Waals surface area (Å²) in [7, 11) is 0. The molecule has 1 fully saturated rings. The maximum Gasteiger partial charge on any atom is 0.215 e. The summed E-state index contributed by atoms with van der Waals surface area (Å²) < 4.78 is 5.43. The number of aromatic nitrogens is 1. The Morgan fingerprint density at radius 1 is 1.53 bits per heavy atom. The molecule has 0 radical (unpaired) electrons. The van der Waals surface area contributed by atoms with Gasteiger partial charge in [0.15, 0.2) is 0 Å². The Bertz CT molecular complexity index is 369. The zero-order chi connectivity index (χ0) is 12.3. The Kier molecular flexibility index (Phi) is 3.84. The molecule has 0 spiro atoms. The summed E-state index contributed by atoms with van der Waals surface area (Å²) in [6.45, 7) is 6.58. The summed E-state index contributed by atoms with van der Waals surface area (Å²) in [5.74, 6) is 2.31.